The van der Waals surface area contributed by atoms with Crippen molar-refractivity contribution in [3.8, 4) is 11.8 Å². The second-order valence-corrected chi connectivity index (χ2v) is 10.3. The van der Waals surface area contributed by atoms with Crippen molar-refractivity contribution in [1.29, 1.82) is 5.26 Å². The Balaban J connectivity index is 1.76. The predicted octanol–water partition coefficient (Wildman–Crippen LogP) is 6.93. The monoisotopic (exact) mass is 746 g/mol. The third-order valence-electron chi connectivity index (χ3n) is 4.30. The maximum Gasteiger partial charge on any atom is 0.266 e. The van der Waals surface area contributed by atoms with Crippen molar-refractivity contribution >= 4 is 85.4 Å². The first-order valence-electron chi connectivity index (χ1n) is 9.22. The summed E-state index contributed by atoms with van der Waals surface area (Å²) in [5, 5.41) is 12.3. The van der Waals surface area contributed by atoms with Crippen molar-refractivity contribution in [2.45, 2.75) is 13.5 Å². The molecule has 1 N–H and O–H groups in total. The molecule has 0 aliphatic heterocycles. The molecule has 0 unspecified atom stereocenters. The number of amides is 1. The van der Waals surface area contributed by atoms with E-state index < -0.39 is 5.91 Å². The van der Waals surface area contributed by atoms with Crippen molar-refractivity contribution in [1.82, 2.24) is 0 Å². The number of benzene rings is 3. The van der Waals surface area contributed by atoms with Gasteiger partial charge in [-0.25, -0.2) is 0 Å². The Labute approximate surface area is 222 Å². The molecule has 0 atom stereocenters. The quantitative estimate of drug-likeness (QED) is 0.169. The van der Waals surface area contributed by atoms with Crippen LogP contribution >= 0.6 is 67.8 Å². The predicted molar refractivity (Wildman–Crippen MR) is 149 cm³/mol. The highest BCUT2D eigenvalue weighted by Crippen LogP contribution is 2.30. The molecule has 0 fully saturated rings. The van der Waals surface area contributed by atoms with Crippen LogP contribution in [-0.4, -0.2) is 5.91 Å². The van der Waals surface area contributed by atoms with E-state index in [0.717, 1.165) is 29.6 Å². The number of nitriles is 1. The molecule has 3 aromatic carbocycles. The molecule has 0 radical (unpaired) electrons. The van der Waals surface area contributed by atoms with E-state index >= 15 is 0 Å². The van der Waals surface area contributed by atoms with Crippen LogP contribution in [0.25, 0.3) is 6.08 Å². The first-order chi connectivity index (χ1) is 14.9. The van der Waals surface area contributed by atoms with Gasteiger partial charge in [-0.2, -0.15) is 5.26 Å². The summed E-state index contributed by atoms with van der Waals surface area (Å²) >= 11 is 6.70. The van der Waals surface area contributed by atoms with Crippen LogP contribution in [0.2, 0.25) is 0 Å². The Hall–Kier alpha value is -1.65. The summed E-state index contributed by atoms with van der Waals surface area (Å²) in [6, 6.07) is 21.4. The third kappa shape index (κ3) is 6.92. The zero-order chi connectivity index (χ0) is 22.4. The average molecular weight is 746 g/mol. The molecule has 3 aromatic rings. The molecule has 0 saturated carbocycles. The number of nitrogens with one attached hydrogen (secondary N) is 1. The van der Waals surface area contributed by atoms with Crippen molar-refractivity contribution in [3.05, 3.63) is 93.6 Å². The number of hydrogen-bond acceptors (Lipinski definition) is 3. The molecule has 0 aliphatic carbocycles. The van der Waals surface area contributed by atoms with Crippen LogP contribution in [0, 0.1) is 29.0 Å². The molecule has 0 aromatic heterocycles. The van der Waals surface area contributed by atoms with Crippen LogP contribution in [0.1, 0.15) is 16.7 Å². The lowest BCUT2D eigenvalue weighted by Gasteiger charge is -2.12. The fourth-order valence-electron chi connectivity index (χ4n) is 2.69. The van der Waals surface area contributed by atoms with E-state index in [4.69, 9.17) is 4.74 Å². The van der Waals surface area contributed by atoms with Gasteiger partial charge < -0.3 is 10.1 Å². The number of ether oxygens (including phenoxy) is 1. The first kappa shape index (κ1) is 24.0. The fraction of sp³-hybridized carbons (Fsp3) is 0.0833. The summed E-state index contributed by atoms with van der Waals surface area (Å²) in [5.74, 6) is 0.356. The smallest absolute Gasteiger partial charge is 0.266 e. The Kier molecular flexibility index (Phi) is 8.74. The van der Waals surface area contributed by atoms with E-state index in [1.165, 1.54) is 3.57 Å². The Morgan fingerprint density at radius 2 is 1.65 bits per heavy atom. The number of carbonyl (C=O) groups excluding carboxylic acids is 1. The topological polar surface area (TPSA) is 62.1 Å². The van der Waals surface area contributed by atoms with Gasteiger partial charge in [-0.1, -0.05) is 29.8 Å². The maximum absolute atomic E-state index is 12.5. The Morgan fingerprint density at radius 3 is 2.23 bits per heavy atom. The van der Waals surface area contributed by atoms with Gasteiger partial charge in [-0.05, 0) is 128 Å². The normalized spacial score (nSPS) is 11.0. The van der Waals surface area contributed by atoms with Crippen LogP contribution in [-0.2, 0) is 11.4 Å². The molecule has 0 spiro atoms. The summed E-state index contributed by atoms with van der Waals surface area (Å²) in [7, 11) is 0. The number of anilines is 1. The Bertz CT molecular complexity index is 1140. The fourth-order valence-corrected chi connectivity index (χ4v) is 5.17. The van der Waals surface area contributed by atoms with Crippen LogP contribution < -0.4 is 10.1 Å². The van der Waals surface area contributed by atoms with Crippen LogP contribution in [0.15, 0.2) is 66.2 Å². The van der Waals surface area contributed by atoms with E-state index in [1.807, 2.05) is 73.7 Å². The highest BCUT2D eigenvalue weighted by molar-refractivity contribution is 14.1. The van der Waals surface area contributed by atoms with E-state index in [-0.39, 0.29) is 5.57 Å². The zero-order valence-corrected chi connectivity index (χ0v) is 22.9. The summed E-state index contributed by atoms with van der Waals surface area (Å²) in [5.41, 5.74) is 3.66. The molecule has 0 saturated heterocycles. The van der Waals surface area contributed by atoms with E-state index in [1.54, 1.807) is 6.08 Å². The van der Waals surface area contributed by atoms with Gasteiger partial charge in [-0.15, -0.1) is 0 Å². The molecule has 0 aliphatic rings. The van der Waals surface area contributed by atoms with Gasteiger partial charge in [0.05, 0.1) is 7.14 Å². The molecule has 0 bridgehead atoms. The molecule has 156 valence electrons. The van der Waals surface area contributed by atoms with Gasteiger partial charge in [0.2, 0.25) is 0 Å². The van der Waals surface area contributed by atoms with E-state index in [2.05, 4.69) is 73.1 Å². The minimum Gasteiger partial charge on any atom is -0.487 e. The standard InChI is InChI=1S/C24H17I3N2O2/c1-15-2-8-20(9-3-15)29-24(30)18(13-28)10-17-11-21(26)23(22(27)12-17)31-14-16-4-6-19(25)7-5-16/h2-12H,14H2,1H3,(H,29,30)/b18-10+. The number of halogens is 3. The largest absolute Gasteiger partial charge is 0.487 e. The minimum atomic E-state index is -0.435. The van der Waals surface area contributed by atoms with Gasteiger partial charge in [0.15, 0.2) is 0 Å². The van der Waals surface area contributed by atoms with Crippen LogP contribution in [0.3, 0.4) is 0 Å². The van der Waals surface area contributed by atoms with Gasteiger partial charge >= 0.3 is 0 Å². The average Bonchev–Trinajstić information content (AvgIpc) is 2.74. The first-order valence-corrected chi connectivity index (χ1v) is 12.5. The molecular weight excluding hydrogens is 729 g/mol. The van der Waals surface area contributed by atoms with Gasteiger partial charge in [0, 0.05) is 9.26 Å². The minimum absolute atomic E-state index is 0.0414. The van der Waals surface area contributed by atoms with Gasteiger partial charge in [0.25, 0.3) is 5.91 Å². The van der Waals surface area contributed by atoms with Crippen LogP contribution in [0.4, 0.5) is 5.69 Å². The second-order valence-electron chi connectivity index (χ2n) is 6.72. The second kappa shape index (κ2) is 11.3. The van der Waals surface area contributed by atoms with Crippen LogP contribution in [0.5, 0.6) is 5.75 Å². The van der Waals surface area contributed by atoms with E-state index in [0.29, 0.717) is 12.3 Å². The van der Waals surface area contributed by atoms with Crippen molar-refractivity contribution in [3.63, 3.8) is 0 Å². The Morgan fingerprint density at radius 1 is 1.03 bits per heavy atom. The lowest BCUT2D eigenvalue weighted by Crippen LogP contribution is -2.13. The lowest BCUT2D eigenvalue weighted by atomic mass is 10.1. The molecule has 1 amide bonds. The van der Waals surface area contributed by atoms with Crippen molar-refractivity contribution < 1.29 is 9.53 Å². The summed E-state index contributed by atoms with van der Waals surface area (Å²) in [4.78, 5) is 12.5. The molecular formula is C24H17I3N2O2. The number of aryl methyl sites for hydroxylation is 1. The molecule has 31 heavy (non-hydrogen) atoms. The maximum atomic E-state index is 12.5. The zero-order valence-electron chi connectivity index (χ0n) is 16.5. The van der Waals surface area contributed by atoms with E-state index in [9.17, 15) is 10.1 Å². The summed E-state index contributed by atoms with van der Waals surface area (Å²) in [6.07, 6.45) is 1.59. The summed E-state index contributed by atoms with van der Waals surface area (Å²) < 4.78 is 9.04. The van der Waals surface area contributed by atoms with Crippen molar-refractivity contribution in [2.75, 3.05) is 5.32 Å². The summed E-state index contributed by atoms with van der Waals surface area (Å²) in [6.45, 7) is 2.45. The lowest BCUT2D eigenvalue weighted by molar-refractivity contribution is -0.112. The number of rotatable bonds is 6. The highest BCUT2D eigenvalue weighted by Gasteiger charge is 2.13. The number of hydrogen-bond donors (Lipinski definition) is 1. The molecule has 0 heterocycles. The molecule has 4 nitrogen and oxygen atoms in total. The van der Waals surface area contributed by atoms with Crippen molar-refractivity contribution in [2.24, 2.45) is 0 Å². The number of nitrogens with zero attached hydrogens (tertiary/aromatic N) is 1. The number of carbonyl (C=O) groups is 1. The van der Waals surface area contributed by atoms with Gasteiger partial charge in [-0.3, -0.25) is 4.79 Å². The third-order valence-corrected chi connectivity index (χ3v) is 6.62. The highest BCUT2D eigenvalue weighted by atomic mass is 127. The molecule has 3 rings (SSSR count). The van der Waals surface area contributed by atoms with Gasteiger partial charge in [0.1, 0.15) is 24.0 Å². The SMILES string of the molecule is Cc1ccc(NC(=O)/C(C#N)=C/c2cc(I)c(OCc3ccc(I)cc3)c(I)c2)cc1. The molecule has 7 heteroatoms.